The van der Waals surface area contributed by atoms with E-state index in [2.05, 4.69) is 0 Å². The van der Waals surface area contributed by atoms with Crippen LogP contribution in [0.3, 0.4) is 0 Å². The molecule has 1 saturated heterocycles. The second kappa shape index (κ2) is 9.40. The molecule has 2 aromatic carbocycles. The van der Waals surface area contributed by atoms with Crippen LogP contribution in [0.1, 0.15) is 42.6 Å². The van der Waals surface area contributed by atoms with Crippen molar-refractivity contribution in [1.29, 1.82) is 0 Å². The van der Waals surface area contributed by atoms with Crippen molar-refractivity contribution in [3.63, 3.8) is 0 Å². The van der Waals surface area contributed by atoms with Gasteiger partial charge in [-0.15, -0.1) is 0 Å². The average molecular weight is 447 g/mol. The summed E-state index contributed by atoms with van der Waals surface area (Å²) in [7, 11) is 0. The summed E-state index contributed by atoms with van der Waals surface area (Å²) in [5.41, 5.74) is 2.72. The molecule has 1 aliphatic heterocycles. The Kier molecular flexibility index (Phi) is 6.40. The lowest BCUT2D eigenvalue weighted by atomic mass is 9.89. The topological polar surface area (TPSA) is 89.8 Å². The zero-order chi connectivity index (χ0) is 23.5. The summed E-state index contributed by atoms with van der Waals surface area (Å²) in [6.07, 6.45) is 3.19. The van der Waals surface area contributed by atoms with Crippen molar-refractivity contribution in [2.75, 3.05) is 6.54 Å². The van der Waals surface area contributed by atoms with E-state index < -0.39 is 23.0 Å². The average Bonchev–Trinajstić information content (AvgIpc) is 3.26. The normalized spacial score (nSPS) is 20.4. The molecule has 0 N–H and O–H groups in total. The maximum absolute atomic E-state index is 13.2. The summed E-state index contributed by atoms with van der Waals surface area (Å²) in [6.45, 7) is 4.15. The molecule has 3 atom stereocenters. The first-order valence-electron chi connectivity index (χ1n) is 11.1. The molecular formula is C26H26N2O5. The van der Waals surface area contributed by atoms with Crippen molar-refractivity contribution >= 4 is 11.9 Å². The van der Waals surface area contributed by atoms with Gasteiger partial charge in [-0.2, -0.15) is 0 Å². The lowest BCUT2D eigenvalue weighted by molar-refractivity contribution is -0.433. The fraction of sp³-hybridized carbons (Fsp3) is 0.308. The molecule has 1 amide bonds. The number of ether oxygens (including phenoxy) is 1. The highest BCUT2D eigenvalue weighted by Crippen LogP contribution is 2.37. The van der Waals surface area contributed by atoms with Gasteiger partial charge in [0.2, 0.25) is 5.91 Å². The molecule has 1 aliphatic carbocycles. The summed E-state index contributed by atoms with van der Waals surface area (Å²) < 4.78 is 5.92. The van der Waals surface area contributed by atoms with Gasteiger partial charge in [-0.1, -0.05) is 73.2 Å². The highest BCUT2D eigenvalue weighted by molar-refractivity contribution is 5.92. The second-order valence-electron chi connectivity index (χ2n) is 8.39. The van der Waals surface area contributed by atoms with Crippen LogP contribution in [-0.2, 0) is 14.3 Å². The zero-order valence-corrected chi connectivity index (χ0v) is 18.6. The first-order chi connectivity index (χ1) is 15.9. The van der Waals surface area contributed by atoms with Crippen LogP contribution in [0.4, 0.5) is 0 Å². The molecule has 7 heteroatoms. The summed E-state index contributed by atoms with van der Waals surface area (Å²) >= 11 is 0. The molecule has 1 heterocycles. The van der Waals surface area contributed by atoms with Gasteiger partial charge in [-0.05, 0) is 24.5 Å². The van der Waals surface area contributed by atoms with E-state index in [4.69, 9.17) is 4.74 Å². The molecule has 33 heavy (non-hydrogen) atoms. The largest absolute Gasteiger partial charge is 0.449 e. The Morgan fingerprint density at radius 1 is 1.12 bits per heavy atom. The lowest BCUT2D eigenvalue weighted by Gasteiger charge is -2.27. The molecule has 3 unspecified atom stereocenters. The highest BCUT2D eigenvalue weighted by Gasteiger charge is 2.46. The number of carbonyl (C=O) groups is 2. The van der Waals surface area contributed by atoms with Crippen molar-refractivity contribution < 1.29 is 19.2 Å². The molecule has 0 radical (unpaired) electrons. The Morgan fingerprint density at radius 3 is 2.42 bits per heavy atom. The Bertz CT molecular complexity index is 1120. The van der Waals surface area contributed by atoms with E-state index in [1.165, 1.54) is 6.08 Å². The Balaban J connectivity index is 1.64. The number of likely N-dealkylation sites (tertiary alicyclic amines) is 1. The van der Waals surface area contributed by atoms with E-state index in [1.54, 1.807) is 17.9 Å². The van der Waals surface area contributed by atoms with Crippen LogP contribution < -0.4 is 0 Å². The van der Waals surface area contributed by atoms with Gasteiger partial charge in [0.05, 0.1) is 10.5 Å². The first-order valence-corrected chi connectivity index (χ1v) is 11.1. The molecule has 4 rings (SSSR count). The van der Waals surface area contributed by atoms with Crippen LogP contribution in [0.2, 0.25) is 0 Å². The fourth-order valence-electron chi connectivity index (χ4n) is 4.54. The number of fused-ring (bicyclic) bond motifs is 1. The van der Waals surface area contributed by atoms with E-state index >= 15 is 0 Å². The van der Waals surface area contributed by atoms with E-state index in [0.29, 0.717) is 13.0 Å². The van der Waals surface area contributed by atoms with Gasteiger partial charge >= 0.3 is 5.97 Å². The number of benzene rings is 2. The van der Waals surface area contributed by atoms with E-state index in [9.17, 15) is 19.7 Å². The van der Waals surface area contributed by atoms with Gasteiger partial charge in [-0.3, -0.25) is 14.9 Å². The van der Waals surface area contributed by atoms with Gasteiger partial charge in [-0.25, -0.2) is 4.79 Å². The van der Waals surface area contributed by atoms with Crippen LogP contribution in [0.5, 0.6) is 0 Å². The van der Waals surface area contributed by atoms with Crippen LogP contribution in [0.15, 0.2) is 78.0 Å². The third-order valence-electron chi connectivity index (χ3n) is 6.22. The highest BCUT2D eigenvalue weighted by atomic mass is 16.6. The molecule has 0 bridgehead atoms. The van der Waals surface area contributed by atoms with Crippen molar-refractivity contribution in [2.45, 2.75) is 38.8 Å². The smallest absolute Gasteiger partial charge is 0.339 e. The van der Waals surface area contributed by atoms with Crippen molar-refractivity contribution in [3.05, 3.63) is 105 Å². The maximum Gasteiger partial charge on any atom is 0.339 e. The Hall–Kier alpha value is -3.74. The van der Waals surface area contributed by atoms with Crippen molar-refractivity contribution in [2.24, 2.45) is 5.92 Å². The molecule has 2 aromatic rings. The molecule has 0 saturated carbocycles. The number of amides is 1. The summed E-state index contributed by atoms with van der Waals surface area (Å²) in [6, 6.07) is 16.5. The molecule has 1 fully saturated rings. The van der Waals surface area contributed by atoms with Crippen LogP contribution in [0.25, 0.3) is 0 Å². The third-order valence-corrected chi connectivity index (χ3v) is 6.22. The molecule has 0 spiro atoms. The quantitative estimate of drug-likeness (QED) is 0.374. The number of hydrogen-bond donors (Lipinski definition) is 0. The number of rotatable bonds is 6. The minimum atomic E-state index is -0.647. The lowest BCUT2D eigenvalue weighted by Crippen LogP contribution is -2.41. The standard InChI is InChI=1S/C26H26N2O5/c1-3-23(29)27-14-13-20-15-21(16-22(24(20)27)28(31)32)26(30)33-25(18-7-5-4-6-8-18)19-11-9-17(2)10-12-19/h4-12,15-16,20,24-25H,3,13-14H2,1-2H3. The van der Waals surface area contributed by atoms with E-state index in [1.807, 2.05) is 61.5 Å². The van der Waals surface area contributed by atoms with Crippen LogP contribution in [0, 0.1) is 23.0 Å². The number of carbonyl (C=O) groups excluding carboxylic acids is 2. The van der Waals surface area contributed by atoms with Gasteiger partial charge in [0, 0.05) is 25.0 Å². The van der Waals surface area contributed by atoms with Crippen LogP contribution in [-0.4, -0.2) is 34.3 Å². The van der Waals surface area contributed by atoms with E-state index in [0.717, 1.165) is 16.7 Å². The van der Waals surface area contributed by atoms with Gasteiger partial charge in [0.15, 0.2) is 6.10 Å². The molecule has 7 nitrogen and oxygen atoms in total. The van der Waals surface area contributed by atoms with Gasteiger partial charge < -0.3 is 9.64 Å². The Morgan fingerprint density at radius 2 is 1.79 bits per heavy atom. The monoisotopic (exact) mass is 446 g/mol. The number of hydrogen-bond acceptors (Lipinski definition) is 5. The van der Waals surface area contributed by atoms with Crippen molar-refractivity contribution in [1.82, 2.24) is 4.90 Å². The van der Waals surface area contributed by atoms with E-state index in [-0.39, 0.29) is 29.5 Å². The van der Waals surface area contributed by atoms with Crippen LogP contribution >= 0.6 is 0 Å². The Labute approximate surface area is 192 Å². The van der Waals surface area contributed by atoms with Gasteiger partial charge in [0.1, 0.15) is 6.04 Å². The molecule has 2 aliphatic rings. The number of nitro groups is 1. The first kappa shape index (κ1) is 22.5. The predicted molar refractivity (Wildman–Crippen MR) is 123 cm³/mol. The SMILES string of the molecule is CCC(=O)N1CCC2C=C(C(=O)OC(c3ccccc3)c3ccc(C)cc3)C=C([N+](=O)[O-])C21. The van der Waals surface area contributed by atoms with Crippen molar-refractivity contribution in [3.8, 4) is 0 Å². The number of aryl methyl sites for hydroxylation is 1. The molecular weight excluding hydrogens is 420 g/mol. The summed E-state index contributed by atoms with van der Waals surface area (Å²) in [5, 5.41) is 11.8. The summed E-state index contributed by atoms with van der Waals surface area (Å²) in [5.74, 6) is -1.04. The second-order valence-corrected chi connectivity index (χ2v) is 8.39. The number of nitrogens with zero attached hydrogens (tertiary/aromatic N) is 2. The minimum Gasteiger partial charge on any atom is -0.449 e. The predicted octanol–water partition coefficient (Wildman–Crippen LogP) is 4.36. The zero-order valence-electron chi connectivity index (χ0n) is 18.6. The molecule has 170 valence electrons. The fourth-order valence-corrected chi connectivity index (χ4v) is 4.54. The molecule has 0 aromatic heterocycles. The number of esters is 1. The van der Waals surface area contributed by atoms with Gasteiger partial charge in [0.25, 0.3) is 5.70 Å². The summed E-state index contributed by atoms with van der Waals surface area (Å²) in [4.78, 5) is 38.4. The third kappa shape index (κ3) is 4.58. The maximum atomic E-state index is 13.2. The minimum absolute atomic E-state index is 0.127.